The van der Waals surface area contributed by atoms with Crippen LogP contribution in [0.15, 0.2) is 12.1 Å². The Labute approximate surface area is 166 Å². The molecule has 0 bridgehead atoms. The average Bonchev–Trinajstić information content (AvgIpc) is 2.74. The number of likely N-dealkylation sites (N-methyl/N-ethyl adjacent to an activating group) is 1. The van der Waals surface area contributed by atoms with E-state index >= 15 is 0 Å². The second kappa shape index (κ2) is 8.36. The number of fused-ring (bicyclic) bond motifs is 1. The fourth-order valence-corrected chi connectivity index (χ4v) is 3.87. The Balaban J connectivity index is 1.75. The number of ether oxygens (including phenoxy) is 2. The number of benzene rings is 1. The van der Waals surface area contributed by atoms with Gasteiger partial charge >= 0.3 is 0 Å². The van der Waals surface area contributed by atoms with E-state index in [2.05, 4.69) is 27.5 Å². The fraction of sp³-hybridized carbons (Fsp3) is 0.600. The topological polar surface area (TPSA) is 74.8 Å². The van der Waals surface area contributed by atoms with Gasteiger partial charge in [0, 0.05) is 50.2 Å². The van der Waals surface area contributed by atoms with Crippen LogP contribution in [-0.4, -0.2) is 81.4 Å². The van der Waals surface area contributed by atoms with Gasteiger partial charge in [-0.25, -0.2) is 4.98 Å². The molecule has 1 atom stereocenters. The molecule has 0 radical (unpaired) electrons. The highest BCUT2D eigenvalue weighted by Gasteiger charge is 2.21. The molecule has 1 aromatic carbocycles. The van der Waals surface area contributed by atoms with Crippen molar-refractivity contribution in [2.75, 3.05) is 70.8 Å². The lowest BCUT2D eigenvalue weighted by molar-refractivity contribution is 0.311. The third-order valence-corrected chi connectivity index (χ3v) is 5.61. The standard InChI is InChI=1S/C20H30N6O2/c1-25-7-9-26(10-8-25)20-23-16-12-18(28-3)17(27-2)11-15(16)19(24-20)22-14-5-4-6-21-13-14/h11-12,14,21H,4-10,13H2,1-3H3,(H,22,23,24)/t14-/m0/s1. The zero-order valence-corrected chi connectivity index (χ0v) is 17.0. The maximum atomic E-state index is 5.51. The number of piperazine rings is 1. The van der Waals surface area contributed by atoms with Gasteiger partial charge in [0.1, 0.15) is 5.82 Å². The van der Waals surface area contributed by atoms with Gasteiger partial charge in [0.2, 0.25) is 5.95 Å². The Morgan fingerprint density at radius 1 is 1.07 bits per heavy atom. The summed E-state index contributed by atoms with van der Waals surface area (Å²) in [7, 11) is 5.46. The summed E-state index contributed by atoms with van der Waals surface area (Å²) in [6.07, 6.45) is 2.30. The highest BCUT2D eigenvalue weighted by atomic mass is 16.5. The van der Waals surface area contributed by atoms with Gasteiger partial charge in [-0.15, -0.1) is 0 Å². The normalized spacial score (nSPS) is 21.0. The minimum Gasteiger partial charge on any atom is -0.493 e. The molecule has 2 N–H and O–H groups in total. The van der Waals surface area contributed by atoms with Crippen molar-refractivity contribution in [3.63, 3.8) is 0 Å². The van der Waals surface area contributed by atoms with Crippen molar-refractivity contribution < 1.29 is 9.47 Å². The van der Waals surface area contributed by atoms with Crippen LogP contribution in [0, 0.1) is 0 Å². The summed E-state index contributed by atoms with van der Waals surface area (Å²) in [6.45, 7) is 5.92. The van der Waals surface area contributed by atoms with Crippen LogP contribution in [0.2, 0.25) is 0 Å². The molecular weight excluding hydrogens is 356 g/mol. The van der Waals surface area contributed by atoms with Crippen LogP contribution in [0.3, 0.4) is 0 Å². The molecule has 8 nitrogen and oxygen atoms in total. The van der Waals surface area contributed by atoms with Gasteiger partial charge in [-0.2, -0.15) is 4.98 Å². The minimum absolute atomic E-state index is 0.361. The third-order valence-electron chi connectivity index (χ3n) is 5.61. The number of anilines is 2. The van der Waals surface area contributed by atoms with E-state index in [4.69, 9.17) is 19.4 Å². The van der Waals surface area contributed by atoms with E-state index in [1.165, 1.54) is 6.42 Å². The number of aromatic nitrogens is 2. The van der Waals surface area contributed by atoms with E-state index in [1.807, 2.05) is 12.1 Å². The molecule has 8 heteroatoms. The van der Waals surface area contributed by atoms with Gasteiger partial charge in [0.15, 0.2) is 11.5 Å². The molecule has 3 heterocycles. The van der Waals surface area contributed by atoms with Crippen LogP contribution in [-0.2, 0) is 0 Å². The number of piperidine rings is 1. The summed E-state index contributed by atoms with van der Waals surface area (Å²) in [5, 5.41) is 8.07. The molecule has 28 heavy (non-hydrogen) atoms. The lowest BCUT2D eigenvalue weighted by Crippen LogP contribution is -2.45. The molecule has 152 valence electrons. The van der Waals surface area contributed by atoms with Crippen LogP contribution in [0.1, 0.15) is 12.8 Å². The molecule has 2 aliphatic rings. The maximum absolute atomic E-state index is 5.51. The molecule has 4 rings (SSSR count). The summed E-state index contributed by atoms with van der Waals surface area (Å²) in [6, 6.07) is 4.28. The monoisotopic (exact) mass is 386 g/mol. The van der Waals surface area contributed by atoms with Crippen LogP contribution in [0.25, 0.3) is 10.9 Å². The van der Waals surface area contributed by atoms with Crippen molar-refractivity contribution in [3.05, 3.63) is 12.1 Å². The minimum atomic E-state index is 0.361. The largest absolute Gasteiger partial charge is 0.493 e. The van der Waals surface area contributed by atoms with E-state index < -0.39 is 0 Å². The summed E-state index contributed by atoms with van der Waals surface area (Å²) >= 11 is 0. The summed E-state index contributed by atoms with van der Waals surface area (Å²) in [5.41, 5.74) is 0.868. The van der Waals surface area contributed by atoms with E-state index in [-0.39, 0.29) is 0 Å². The van der Waals surface area contributed by atoms with E-state index in [0.717, 1.165) is 68.4 Å². The second-order valence-electron chi connectivity index (χ2n) is 7.57. The van der Waals surface area contributed by atoms with Crippen molar-refractivity contribution in [2.45, 2.75) is 18.9 Å². The number of hydrogen-bond donors (Lipinski definition) is 2. The average molecular weight is 387 g/mol. The maximum Gasteiger partial charge on any atom is 0.227 e. The van der Waals surface area contributed by atoms with Gasteiger partial charge in [-0.05, 0) is 32.5 Å². The van der Waals surface area contributed by atoms with Gasteiger partial charge in [-0.3, -0.25) is 0 Å². The highest BCUT2D eigenvalue weighted by Crippen LogP contribution is 2.35. The number of nitrogens with one attached hydrogen (secondary N) is 2. The lowest BCUT2D eigenvalue weighted by Gasteiger charge is -2.33. The molecule has 2 aromatic rings. The molecule has 2 aliphatic heterocycles. The van der Waals surface area contributed by atoms with Gasteiger partial charge in [0.25, 0.3) is 0 Å². The van der Waals surface area contributed by atoms with Crippen molar-refractivity contribution in [3.8, 4) is 11.5 Å². The predicted molar refractivity (Wildman–Crippen MR) is 112 cm³/mol. The van der Waals surface area contributed by atoms with Gasteiger partial charge in [-0.1, -0.05) is 0 Å². The van der Waals surface area contributed by atoms with Crippen molar-refractivity contribution in [1.29, 1.82) is 0 Å². The van der Waals surface area contributed by atoms with Crippen molar-refractivity contribution in [1.82, 2.24) is 20.2 Å². The fourth-order valence-electron chi connectivity index (χ4n) is 3.87. The van der Waals surface area contributed by atoms with Crippen LogP contribution >= 0.6 is 0 Å². The molecular formula is C20H30N6O2. The summed E-state index contributed by atoms with van der Waals surface area (Å²) in [5.74, 6) is 3.02. The molecule has 2 saturated heterocycles. The van der Waals surface area contributed by atoms with Gasteiger partial charge in [0.05, 0.1) is 19.7 Å². The molecule has 0 spiro atoms. The predicted octanol–water partition coefficient (Wildman–Crippen LogP) is 1.56. The first-order valence-corrected chi connectivity index (χ1v) is 10.0. The Morgan fingerprint density at radius 2 is 1.82 bits per heavy atom. The zero-order valence-electron chi connectivity index (χ0n) is 17.0. The quantitative estimate of drug-likeness (QED) is 0.802. The highest BCUT2D eigenvalue weighted by molar-refractivity contribution is 5.93. The first-order valence-electron chi connectivity index (χ1n) is 10.0. The third kappa shape index (κ3) is 3.93. The van der Waals surface area contributed by atoms with Crippen LogP contribution in [0.5, 0.6) is 11.5 Å². The SMILES string of the molecule is COc1cc2nc(N3CCN(C)CC3)nc(N[C@H]3CCCNC3)c2cc1OC. The molecule has 2 fully saturated rings. The number of hydrogen-bond acceptors (Lipinski definition) is 8. The molecule has 0 unspecified atom stereocenters. The number of nitrogens with zero attached hydrogens (tertiary/aromatic N) is 4. The van der Waals surface area contributed by atoms with Crippen LogP contribution in [0.4, 0.5) is 11.8 Å². The molecule has 0 aliphatic carbocycles. The summed E-state index contributed by atoms with van der Waals surface area (Å²) in [4.78, 5) is 14.4. The van der Waals surface area contributed by atoms with Crippen LogP contribution < -0.4 is 25.0 Å². The first kappa shape index (κ1) is 19.0. The van der Waals surface area contributed by atoms with Gasteiger partial charge < -0.3 is 29.9 Å². The molecule has 1 aromatic heterocycles. The Hall–Kier alpha value is -2.32. The Morgan fingerprint density at radius 3 is 2.50 bits per heavy atom. The van der Waals surface area contributed by atoms with E-state index in [1.54, 1.807) is 14.2 Å². The number of methoxy groups -OCH3 is 2. The van der Waals surface area contributed by atoms with Crippen molar-refractivity contribution >= 4 is 22.7 Å². The van der Waals surface area contributed by atoms with E-state index in [9.17, 15) is 0 Å². The van der Waals surface area contributed by atoms with Crippen molar-refractivity contribution in [2.24, 2.45) is 0 Å². The first-order chi connectivity index (χ1) is 13.7. The van der Waals surface area contributed by atoms with E-state index in [0.29, 0.717) is 17.5 Å². The second-order valence-corrected chi connectivity index (χ2v) is 7.57. The molecule has 0 saturated carbocycles. The number of rotatable bonds is 5. The Kier molecular flexibility index (Phi) is 5.68. The Bertz CT molecular complexity index is 816. The smallest absolute Gasteiger partial charge is 0.227 e. The summed E-state index contributed by atoms with van der Waals surface area (Å²) < 4.78 is 11.0. The lowest BCUT2D eigenvalue weighted by atomic mass is 10.1. The molecule has 0 amide bonds. The zero-order chi connectivity index (χ0) is 19.5.